The second kappa shape index (κ2) is 6.81. The number of hydrogen-bond acceptors (Lipinski definition) is 7. The summed E-state index contributed by atoms with van der Waals surface area (Å²) in [4.78, 5) is 16.3. The molecule has 3 aromatic rings. The van der Waals surface area contributed by atoms with Crippen molar-refractivity contribution < 1.29 is 17.4 Å². The highest BCUT2D eigenvalue weighted by atomic mass is 32.2. The number of sulfonamides is 1. The molecule has 29 heavy (non-hydrogen) atoms. The first-order chi connectivity index (χ1) is 13.9. The van der Waals surface area contributed by atoms with Gasteiger partial charge in [-0.1, -0.05) is 5.16 Å². The van der Waals surface area contributed by atoms with Crippen LogP contribution in [0.25, 0.3) is 11.1 Å². The molecule has 154 valence electrons. The van der Waals surface area contributed by atoms with Crippen molar-refractivity contribution in [1.29, 1.82) is 0 Å². The van der Waals surface area contributed by atoms with E-state index in [1.54, 1.807) is 7.05 Å². The van der Waals surface area contributed by atoms with Gasteiger partial charge >= 0.3 is 5.76 Å². The van der Waals surface area contributed by atoms with Crippen molar-refractivity contribution in [2.75, 3.05) is 13.1 Å². The van der Waals surface area contributed by atoms with Crippen LogP contribution in [-0.4, -0.2) is 40.5 Å². The Balaban J connectivity index is 1.36. The van der Waals surface area contributed by atoms with Crippen LogP contribution < -0.4 is 5.76 Å². The van der Waals surface area contributed by atoms with Crippen LogP contribution in [0.3, 0.4) is 0 Å². The first-order valence-electron chi connectivity index (χ1n) is 9.84. The summed E-state index contributed by atoms with van der Waals surface area (Å²) in [5.41, 5.74) is 0.832. The van der Waals surface area contributed by atoms with Gasteiger partial charge in [0.2, 0.25) is 15.9 Å². The van der Waals surface area contributed by atoms with Crippen molar-refractivity contribution in [3.8, 4) is 0 Å². The number of benzene rings is 1. The lowest BCUT2D eigenvalue weighted by atomic mass is 9.96. The van der Waals surface area contributed by atoms with E-state index < -0.39 is 15.8 Å². The zero-order chi connectivity index (χ0) is 20.2. The van der Waals surface area contributed by atoms with Gasteiger partial charge in [0, 0.05) is 32.5 Å². The third-order valence-electron chi connectivity index (χ3n) is 5.77. The number of aryl methyl sites for hydroxylation is 1. The molecule has 0 radical (unpaired) electrons. The van der Waals surface area contributed by atoms with Gasteiger partial charge in [0.1, 0.15) is 0 Å². The topological polar surface area (TPSA) is 111 Å². The third kappa shape index (κ3) is 3.40. The summed E-state index contributed by atoms with van der Waals surface area (Å²) in [6.07, 6.45) is 4.51. The summed E-state index contributed by atoms with van der Waals surface area (Å²) >= 11 is 0. The lowest BCUT2D eigenvalue weighted by molar-refractivity contribution is 0.247. The van der Waals surface area contributed by atoms with Crippen LogP contribution in [0.5, 0.6) is 0 Å². The van der Waals surface area contributed by atoms with E-state index >= 15 is 0 Å². The molecule has 0 amide bonds. The zero-order valence-corrected chi connectivity index (χ0v) is 16.9. The summed E-state index contributed by atoms with van der Waals surface area (Å²) in [6, 6.07) is 4.52. The SMILES string of the molecule is Cn1c(=O)oc2ccc(S(=O)(=O)N3CCC[C@H](Cc4nc(C5CC5)no4)C3)cc21. The van der Waals surface area contributed by atoms with Crippen molar-refractivity contribution in [2.24, 2.45) is 13.0 Å². The van der Waals surface area contributed by atoms with E-state index in [9.17, 15) is 13.2 Å². The molecule has 0 spiro atoms. The van der Waals surface area contributed by atoms with Gasteiger partial charge in [0.05, 0.1) is 10.4 Å². The normalized spacial score (nSPS) is 21.1. The van der Waals surface area contributed by atoms with Gasteiger partial charge in [-0.2, -0.15) is 9.29 Å². The van der Waals surface area contributed by atoms with Crippen LogP contribution in [0.4, 0.5) is 0 Å². The number of piperidine rings is 1. The largest absolute Gasteiger partial charge is 0.419 e. The second-order valence-electron chi connectivity index (χ2n) is 7.95. The van der Waals surface area contributed by atoms with Gasteiger partial charge in [-0.15, -0.1) is 0 Å². The Hall–Kier alpha value is -2.46. The molecular formula is C19H22N4O5S. The highest BCUT2D eigenvalue weighted by Gasteiger charge is 2.33. The fourth-order valence-corrected chi connectivity index (χ4v) is 5.51. The molecule has 1 aromatic carbocycles. The average molecular weight is 418 g/mol. The van der Waals surface area contributed by atoms with Gasteiger partial charge in [0.15, 0.2) is 11.4 Å². The third-order valence-corrected chi connectivity index (χ3v) is 7.63. The number of fused-ring (bicyclic) bond motifs is 1. The summed E-state index contributed by atoms with van der Waals surface area (Å²) in [7, 11) is -2.12. The maximum atomic E-state index is 13.2. The van der Waals surface area contributed by atoms with Crippen molar-refractivity contribution in [3.05, 3.63) is 40.5 Å². The van der Waals surface area contributed by atoms with Crippen LogP contribution in [0.15, 0.2) is 36.8 Å². The Labute approximate surface area is 167 Å². The Kier molecular flexibility index (Phi) is 4.36. The van der Waals surface area contributed by atoms with E-state index in [0.717, 1.165) is 31.5 Å². The maximum absolute atomic E-state index is 13.2. The fraction of sp³-hybridized carbons (Fsp3) is 0.526. The van der Waals surface area contributed by atoms with Crippen molar-refractivity contribution >= 4 is 21.1 Å². The molecule has 5 rings (SSSR count). The monoisotopic (exact) mass is 418 g/mol. The molecule has 1 aliphatic carbocycles. The highest BCUT2D eigenvalue weighted by Crippen LogP contribution is 2.38. The number of oxazole rings is 1. The van der Waals surface area contributed by atoms with Crippen LogP contribution in [-0.2, 0) is 23.5 Å². The van der Waals surface area contributed by atoms with Crippen LogP contribution in [0.2, 0.25) is 0 Å². The molecule has 0 unspecified atom stereocenters. The lowest BCUT2D eigenvalue weighted by Crippen LogP contribution is -2.40. The molecule has 1 saturated heterocycles. The lowest BCUT2D eigenvalue weighted by Gasteiger charge is -2.31. The van der Waals surface area contributed by atoms with E-state index in [4.69, 9.17) is 8.94 Å². The fourth-order valence-electron chi connectivity index (χ4n) is 3.93. The molecule has 2 aromatic heterocycles. The van der Waals surface area contributed by atoms with E-state index in [-0.39, 0.29) is 10.8 Å². The minimum atomic E-state index is -3.67. The quantitative estimate of drug-likeness (QED) is 0.623. The minimum Gasteiger partial charge on any atom is -0.408 e. The summed E-state index contributed by atoms with van der Waals surface area (Å²) < 4.78 is 39.7. The van der Waals surface area contributed by atoms with E-state index in [0.29, 0.717) is 42.4 Å². The predicted octanol–water partition coefficient (Wildman–Crippen LogP) is 2.04. The van der Waals surface area contributed by atoms with Crippen LogP contribution in [0.1, 0.15) is 43.3 Å². The molecule has 0 bridgehead atoms. The van der Waals surface area contributed by atoms with Crippen LogP contribution in [0, 0.1) is 5.92 Å². The van der Waals surface area contributed by atoms with Crippen molar-refractivity contribution in [3.63, 3.8) is 0 Å². The molecule has 9 nitrogen and oxygen atoms in total. The predicted molar refractivity (Wildman–Crippen MR) is 103 cm³/mol. The summed E-state index contributed by atoms with van der Waals surface area (Å²) in [6.45, 7) is 0.879. The molecule has 0 N–H and O–H groups in total. The Morgan fingerprint density at radius 2 is 2.07 bits per heavy atom. The zero-order valence-electron chi connectivity index (χ0n) is 16.1. The summed E-state index contributed by atoms with van der Waals surface area (Å²) in [5, 5.41) is 4.04. The Morgan fingerprint density at radius 3 is 2.86 bits per heavy atom. The average Bonchev–Trinajstić information content (AvgIpc) is 3.40. The minimum absolute atomic E-state index is 0.132. The van der Waals surface area contributed by atoms with Crippen LogP contribution >= 0.6 is 0 Å². The molecule has 1 saturated carbocycles. The van der Waals surface area contributed by atoms with E-state index in [1.807, 2.05) is 0 Å². The molecule has 1 atom stereocenters. The molecule has 3 heterocycles. The molecular weight excluding hydrogens is 396 g/mol. The highest BCUT2D eigenvalue weighted by molar-refractivity contribution is 7.89. The molecule has 10 heteroatoms. The van der Waals surface area contributed by atoms with E-state index in [1.165, 1.54) is 27.1 Å². The number of aromatic nitrogens is 3. The van der Waals surface area contributed by atoms with Crippen molar-refractivity contribution in [2.45, 2.75) is 42.9 Å². The number of hydrogen-bond donors (Lipinski definition) is 0. The molecule has 2 fully saturated rings. The smallest absolute Gasteiger partial charge is 0.408 e. The molecule has 2 aliphatic rings. The van der Waals surface area contributed by atoms with Crippen molar-refractivity contribution in [1.82, 2.24) is 19.0 Å². The summed E-state index contributed by atoms with van der Waals surface area (Å²) in [5.74, 6) is 1.42. The standard InChI is InChI=1S/C19H22N4O5S/c1-22-15-10-14(6-7-16(15)27-19(22)24)29(25,26)23-8-2-3-12(11-23)9-17-20-18(21-28-17)13-4-5-13/h6-7,10,12-13H,2-5,8-9,11H2,1H3/t12-/m1/s1. The maximum Gasteiger partial charge on any atom is 0.419 e. The number of nitrogens with zero attached hydrogens (tertiary/aromatic N) is 4. The molecule has 1 aliphatic heterocycles. The van der Waals surface area contributed by atoms with Gasteiger partial charge < -0.3 is 8.94 Å². The number of rotatable bonds is 5. The Bertz CT molecular complexity index is 1220. The van der Waals surface area contributed by atoms with Gasteiger partial charge in [-0.25, -0.2) is 13.2 Å². The van der Waals surface area contributed by atoms with Gasteiger partial charge in [0.25, 0.3) is 0 Å². The first kappa shape index (κ1) is 18.6. The Morgan fingerprint density at radius 1 is 1.24 bits per heavy atom. The van der Waals surface area contributed by atoms with E-state index in [2.05, 4.69) is 10.1 Å². The van der Waals surface area contributed by atoms with Gasteiger partial charge in [-0.05, 0) is 49.8 Å². The van der Waals surface area contributed by atoms with Gasteiger partial charge in [-0.3, -0.25) is 4.57 Å². The second-order valence-corrected chi connectivity index (χ2v) is 9.89. The first-order valence-corrected chi connectivity index (χ1v) is 11.3.